The van der Waals surface area contributed by atoms with Gasteiger partial charge in [0.1, 0.15) is 0 Å². The van der Waals surface area contributed by atoms with Gasteiger partial charge in [0.05, 0.1) is 11.1 Å². The van der Waals surface area contributed by atoms with E-state index in [4.69, 9.17) is 0 Å². The Kier molecular flexibility index (Phi) is 6.77. The summed E-state index contributed by atoms with van der Waals surface area (Å²) >= 11 is 0. The first-order chi connectivity index (χ1) is 13.0. The number of rotatable bonds is 2. The lowest BCUT2D eigenvalue weighted by molar-refractivity contribution is -0.187. The minimum atomic E-state index is -1.05. The molecule has 0 saturated heterocycles. The maximum atomic E-state index is 12.0. The highest BCUT2D eigenvalue weighted by molar-refractivity contribution is 5.92. The number of carbonyl (C=O) groups excluding carboxylic acids is 2. The second-order valence-corrected chi connectivity index (χ2v) is 4.88. The fourth-order valence-corrected chi connectivity index (χ4v) is 1.73. The van der Waals surface area contributed by atoms with Crippen LogP contribution in [0.2, 0.25) is 0 Å². The lowest BCUT2D eigenvalue weighted by Gasteiger charge is -2.02. The molecule has 1 N–H and O–H groups in total. The number of aromatic amines is 1. The van der Waals surface area contributed by atoms with Gasteiger partial charge in [0.25, 0.3) is 5.56 Å². The second kappa shape index (κ2) is 9.47. The Bertz CT molecular complexity index is 935. The SMILES string of the molecule is O=C(OOC(=O)c1ccccc1)c1ccccc1.O=c1cc[nH]c(=O)n1F. The molecule has 0 aliphatic carbocycles. The van der Waals surface area contributed by atoms with Crippen LogP contribution in [-0.2, 0) is 9.78 Å². The van der Waals surface area contributed by atoms with E-state index >= 15 is 0 Å². The summed E-state index contributed by atoms with van der Waals surface area (Å²) < 4.78 is 12.0. The van der Waals surface area contributed by atoms with E-state index in [9.17, 15) is 23.7 Å². The molecule has 3 aromatic rings. The zero-order chi connectivity index (χ0) is 19.6. The predicted octanol–water partition coefficient (Wildman–Crippen LogP) is 1.88. The number of nitrogens with one attached hydrogen (secondary N) is 1. The fraction of sp³-hybridized carbons (Fsp3) is 0. The van der Waals surface area contributed by atoms with Gasteiger partial charge in [-0.25, -0.2) is 24.2 Å². The molecule has 9 heteroatoms. The van der Waals surface area contributed by atoms with Crippen LogP contribution < -0.4 is 11.2 Å². The Labute approximate surface area is 151 Å². The summed E-state index contributed by atoms with van der Waals surface area (Å²) in [6.45, 7) is 0. The van der Waals surface area contributed by atoms with E-state index in [1.165, 1.54) is 0 Å². The molecule has 8 nitrogen and oxygen atoms in total. The number of benzene rings is 2. The zero-order valence-corrected chi connectivity index (χ0v) is 13.7. The molecule has 0 aliphatic rings. The van der Waals surface area contributed by atoms with Gasteiger partial charge in [0.2, 0.25) is 0 Å². The number of H-pyrrole nitrogens is 1. The fourth-order valence-electron chi connectivity index (χ4n) is 1.73. The summed E-state index contributed by atoms with van der Waals surface area (Å²) in [5.41, 5.74) is -1.38. The summed E-state index contributed by atoms with van der Waals surface area (Å²) in [4.78, 5) is 53.7. The molecule has 1 aromatic heterocycles. The Hall–Kier alpha value is -4.01. The molecule has 0 fully saturated rings. The van der Waals surface area contributed by atoms with Crippen LogP contribution in [0.15, 0.2) is 82.5 Å². The van der Waals surface area contributed by atoms with Crippen molar-refractivity contribution in [1.82, 2.24) is 9.77 Å². The first kappa shape index (κ1) is 19.3. The number of hydrogen-bond donors (Lipinski definition) is 1. The average Bonchev–Trinajstić information content (AvgIpc) is 2.71. The normalized spacial score (nSPS) is 9.52. The predicted molar refractivity (Wildman–Crippen MR) is 91.5 cm³/mol. The zero-order valence-electron chi connectivity index (χ0n) is 13.7. The molecule has 0 aliphatic heterocycles. The molecule has 0 spiro atoms. The van der Waals surface area contributed by atoms with E-state index in [0.29, 0.717) is 11.1 Å². The lowest BCUT2D eigenvalue weighted by atomic mass is 10.2. The standard InChI is InChI=1S/C14H10O4.C4H3FN2O2/c15-13(11-7-3-1-4-8-11)17-18-14(16)12-9-5-2-6-10-12;5-7-3(8)1-2-6-4(7)9/h1-10H;1-2H,(H,6,9). The van der Waals surface area contributed by atoms with Crippen LogP contribution in [0.1, 0.15) is 20.7 Å². The van der Waals surface area contributed by atoms with Crippen LogP contribution in [0.4, 0.5) is 4.48 Å². The molecular formula is C18H13FN2O6. The number of aromatic nitrogens is 2. The minimum Gasteiger partial charge on any atom is -0.312 e. The van der Waals surface area contributed by atoms with E-state index in [2.05, 4.69) is 9.78 Å². The van der Waals surface area contributed by atoms with Crippen molar-refractivity contribution < 1.29 is 23.8 Å². The first-order valence-electron chi connectivity index (χ1n) is 7.49. The maximum absolute atomic E-state index is 12.0. The molecule has 2 aromatic carbocycles. The Morgan fingerprint density at radius 1 is 0.778 bits per heavy atom. The van der Waals surface area contributed by atoms with E-state index < -0.39 is 28.0 Å². The molecular weight excluding hydrogens is 359 g/mol. The van der Waals surface area contributed by atoms with Crippen molar-refractivity contribution in [3.05, 3.63) is 105 Å². The largest absolute Gasteiger partial charge is 0.386 e. The summed E-state index contributed by atoms with van der Waals surface area (Å²) in [6, 6.07) is 17.5. The number of carbonyl (C=O) groups is 2. The van der Waals surface area contributed by atoms with Crippen LogP contribution >= 0.6 is 0 Å². The topological polar surface area (TPSA) is 107 Å². The summed E-state index contributed by atoms with van der Waals surface area (Å²) in [5, 5.41) is 0. The molecule has 0 radical (unpaired) electrons. The lowest BCUT2D eigenvalue weighted by Crippen LogP contribution is -2.28. The third kappa shape index (κ3) is 5.78. The molecule has 0 bridgehead atoms. The highest BCUT2D eigenvalue weighted by Crippen LogP contribution is 2.05. The average molecular weight is 372 g/mol. The highest BCUT2D eigenvalue weighted by atomic mass is 19.2. The van der Waals surface area contributed by atoms with Crippen LogP contribution in [0.25, 0.3) is 0 Å². The van der Waals surface area contributed by atoms with Crippen molar-refractivity contribution in [1.29, 1.82) is 0 Å². The second-order valence-electron chi connectivity index (χ2n) is 4.88. The van der Waals surface area contributed by atoms with Gasteiger partial charge in [-0.05, 0) is 24.3 Å². The Morgan fingerprint density at radius 2 is 1.22 bits per heavy atom. The first-order valence-corrected chi connectivity index (χ1v) is 7.49. The van der Waals surface area contributed by atoms with Crippen LogP contribution in [0.3, 0.4) is 0 Å². The van der Waals surface area contributed by atoms with E-state index in [0.717, 1.165) is 12.3 Å². The third-order valence-corrected chi connectivity index (χ3v) is 3.02. The van der Waals surface area contributed by atoms with Gasteiger partial charge in [0.15, 0.2) is 0 Å². The molecule has 0 saturated carbocycles. The van der Waals surface area contributed by atoms with Crippen molar-refractivity contribution >= 4 is 11.9 Å². The Morgan fingerprint density at radius 3 is 1.59 bits per heavy atom. The molecule has 0 amide bonds. The molecule has 138 valence electrons. The summed E-state index contributed by atoms with van der Waals surface area (Å²) in [6.07, 6.45) is 1.08. The van der Waals surface area contributed by atoms with E-state index in [1.54, 1.807) is 60.7 Å². The van der Waals surface area contributed by atoms with Gasteiger partial charge < -0.3 is 4.98 Å². The van der Waals surface area contributed by atoms with Gasteiger partial charge in [-0.15, -0.1) is 0 Å². The van der Waals surface area contributed by atoms with Crippen molar-refractivity contribution in [3.8, 4) is 0 Å². The maximum Gasteiger partial charge on any atom is 0.386 e. The molecule has 0 unspecified atom stereocenters. The smallest absolute Gasteiger partial charge is 0.312 e. The monoisotopic (exact) mass is 372 g/mol. The highest BCUT2D eigenvalue weighted by Gasteiger charge is 2.13. The van der Waals surface area contributed by atoms with Gasteiger partial charge in [-0.1, -0.05) is 45.7 Å². The quantitative estimate of drug-likeness (QED) is 0.544. The number of nitrogens with zero attached hydrogens (tertiary/aromatic N) is 1. The number of halogens is 1. The van der Waals surface area contributed by atoms with Crippen molar-refractivity contribution in [3.63, 3.8) is 0 Å². The molecule has 0 atom stereocenters. The molecule has 27 heavy (non-hydrogen) atoms. The number of hydrogen-bond acceptors (Lipinski definition) is 6. The van der Waals surface area contributed by atoms with Crippen molar-refractivity contribution in [2.24, 2.45) is 0 Å². The third-order valence-electron chi connectivity index (χ3n) is 3.02. The van der Waals surface area contributed by atoms with Crippen LogP contribution in [0.5, 0.6) is 0 Å². The van der Waals surface area contributed by atoms with Crippen LogP contribution in [-0.4, -0.2) is 21.7 Å². The summed E-state index contributed by atoms with van der Waals surface area (Å²) in [5.74, 6) is -1.42. The van der Waals surface area contributed by atoms with E-state index in [-0.39, 0.29) is 0 Å². The minimum absolute atomic E-state index is 0.318. The summed E-state index contributed by atoms with van der Waals surface area (Å²) in [7, 11) is 0. The van der Waals surface area contributed by atoms with Gasteiger partial charge in [-0.3, -0.25) is 4.79 Å². The molecule has 3 rings (SSSR count). The van der Waals surface area contributed by atoms with Gasteiger partial charge >= 0.3 is 17.6 Å². The van der Waals surface area contributed by atoms with Gasteiger partial charge in [0, 0.05) is 12.3 Å². The molecule has 1 heterocycles. The van der Waals surface area contributed by atoms with E-state index in [1.807, 2.05) is 4.98 Å². The van der Waals surface area contributed by atoms with Crippen molar-refractivity contribution in [2.75, 3.05) is 0 Å². The van der Waals surface area contributed by atoms with Gasteiger partial charge in [-0.2, -0.15) is 0 Å². The van der Waals surface area contributed by atoms with Crippen LogP contribution in [0, 0.1) is 0 Å². The van der Waals surface area contributed by atoms with Crippen molar-refractivity contribution in [2.45, 2.75) is 0 Å². The Balaban J connectivity index is 0.000000244.